The lowest BCUT2D eigenvalue weighted by Gasteiger charge is -2.42. The second-order valence-electron chi connectivity index (χ2n) is 12.7. The molecule has 1 amide bonds. The minimum atomic E-state index is -1.29. The van der Waals surface area contributed by atoms with Crippen LogP contribution in [0.5, 0.6) is 0 Å². The molecule has 36 heavy (non-hydrogen) atoms. The minimum absolute atomic E-state index is 0.164. The zero-order valence-electron chi connectivity index (χ0n) is 23.2. The summed E-state index contributed by atoms with van der Waals surface area (Å²) in [5.41, 5.74) is -0.682. The fourth-order valence-corrected chi connectivity index (χ4v) is 4.37. The van der Waals surface area contributed by atoms with E-state index >= 15 is 0 Å². The summed E-state index contributed by atoms with van der Waals surface area (Å²) >= 11 is 0. The van der Waals surface area contributed by atoms with Crippen LogP contribution in [0.2, 0.25) is 0 Å². The number of alkyl carbamates (subject to hydrolysis) is 1. The molecule has 3 rings (SSSR count). The maximum absolute atomic E-state index is 13.1. The summed E-state index contributed by atoms with van der Waals surface area (Å²) < 4.78 is 14.3. The largest absolute Gasteiger partial charge is 0.467 e. The van der Waals surface area contributed by atoms with Crippen molar-refractivity contribution in [1.82, 2.24) is 35.3 Å². The van der Waals surface area contributed by atoms with E-state index in [0.29, 0.717) is 12.8 Å². The molecule has 1 unspecified atom stereocenters. The van der Waals surface area contributed by atoms with Gasteiger partial charge in [0.1, 0.15) is 11.1 Å². The molecule has 1 aliphatic carbocycles. The van der Waals surface area contributed by atoms with Gasteiger partial charge in [-0.1, -0.05) is 52.0 Å². The van der Waals surface area contributed by atoms with Crippen LogP contribution < -0.4 is 5.32 Å². The Hall–Kier alpha value is -2.98. The first-order chi connectivity index (χ1) is 16.4. The molecule has 0 radical (unpaired) electrons. The van der Waals surface area contributed by atoms with E-state index in [1.807, 2.05) is 17.1 Å². The highest BCUT2D eigenvalue weighted by Crippen LogP contribution is 2.43. The Morgan fingerprint density at radius 2 is 1.42 bits per heavy atom. The van der Waals surface area contributed by atoms with Crippen molar-refractivity contribution in [2.45, 2.75) is 116 Å². The molecule has 2 aromatic heterocycles. The molecule has 11 heteroatoms. The van der Waals surface area contributed by atoms with Crippen molar-refractivity contribution in [2.75, 3.05) is 7.11 Å². The molecule has 1 N–H and O–H groups in total. The van der Waals surface area contributed by atoms with Crippen molar-refractivity contribution >= 4 is 12.1 Å². The molecule has 1 aliphatic rings. The lowest BCUT2D eigenvalue weighted by Crippen LogP contribution is -2.59. The predicted molar refractivity (Wildman–Crippen MR) is 133 cm³/mol. The molecule has 0 saturated heterocycles. The van der Waals surface area contributed by atoms with Crippen LogP contribution >= 0.6 is 0 Å². The van der Waals surface area contributed by atoms with Gasteiger partial charge in [-0.05, 0) is 33.6 Å². The monoisotopic (exact) mass is 503 g/mol. The first-order valence-corrected chi connectivity index (χ1v) is 12.4. The zero-order valence-corrected chi connectivity index (χ0v) is 23.2. The summed E-state index contributed by atoms with van der Waals surface area (Å²) in [7, 11) is 1.32. The van der Waals surface area contributed by atoms with Crippen molar-refractivity contribution in [1.29, 1.82) is 0 Å². The van der Waals surface area contributed by atoms with Crippen molar-refractivity contribution in [2.24, 2.45) is 0 Å². The molecule has 200 valence electrons. The highest BCUT2D eigenvalue weighted by molar-refractivity contribution is 5.86. The summed E-state index contributed by atoms with van der Waals surface area (Å²) in [4.78, 5) is 25.9. The highest BCUT2D eigenvalue weighted by atomic mass is 16.6. The van der Waals surface area contributed by atoms with Crippen LogP contribution in [0.4, 0.5) is 4.79 Å². The van der Waals surface area contributed by atoms with Crippen molar-refractivity contribution in [3.05, 3.63) is 23.8 Å². The number of carbonyl (C=O) groups is 2. The number of ether oxygens (including phenoxy) is 2. The molecule has 0 aliphatic heterocycles. The predicted octanol–water partition coefficient (Wildman–Crippen LogP) is 3.87. The number of rotatable bonds is 4. The first kappa shape index (κ1) is 27.6. The van der Waals surface area contributed by atoms with E-state index in [2.05, 4.69) is 67.5 Å². The van der Waals surface area contributed by atoms with Crippen molar-refractivity contribution < 1.29 is 19.1 Å². The average Bonchev–Trinajstić information content (AvgIpc) is 3.41. The Morgan fingerprint density at radius 3 is 1.83 bits per heavy atom. The van der Waals surface area contributed by atoms with Gasteiger partial charge in [0, 0.05) is 29.6 Å². The summed E-state index contributed by atoms with van der Waals surface area (Å²) in [6.07, 6.45) is 4.26. The van der Waals surface area contributed by atoms with E-state index < -0.39 is 23.2 Å². The molecule has 2 heterocycles. The molecule has 1 fully saturated rings. The number of nitrogens with zero attached hydrogens (tertiary/aromatic N) is 6. The molecule has 0 aromatic carbocycles. The molecule has 0 bridgehead atoms. The SMILES string of the molecule is COC(=O)C1(NC(=O)OC(C)(C)C)CC[C@@H](n2cc(C(C)(C)C)nn2)[C@H](n2cc(C(C)(C)C)nn2)C1. The molecular weight excluding hydrogens is 462 g/mol. The summed E-state index contributed by atoms with van der Waals surface area (Å²) in [6, 6.07) is -0.521. The molecule has 1 saturated carbocycles. The highest BCUT2D eigenvalue weighted by Gasteiger charge is 2.51. The van der Waals surface area contributed by atoms with Gasteiger partial charge in [0.05, 0.1) is 30.6 Å². The van der Waals surface area contributed by atoms with Gasteiger partial charge in [-0.15, -0.1) is 10.2 Å². The van der Waals surface area contributed by atoms with E-state index in [0.717, 1.165) is 11.4 Å². The van der Waals surface area contributed by atoms with E-state index in [1.54, 1.807) is 25.5 Å². The number of hydrogen-bond donors (Lipinski definition) is 1. The number of amides is 1. The van der Waals surface area contributed by atoms with Crippen molar-refractivity contribution in [3.8, 4) is 0 Å². The topological polar surface area (TPSA) is 126 Å². The number of carbonyl (C=O) groups excluding carboxylic acids is 2. The Morgan fingerprint density at radius 1 is 0.917 bits per heavy atom. The van der Waals surface area contributed by atoms with E-state index in [-0.39, 0.29) is 29.3 Å². The molecule has 11 nitrogen and oxygen atoms in total. The third kappa shape index (κ3) is 6.04. The Bertz CT molecular complexity index is 1090. The average molecular weight is 504 g/mol. The number of nitrogens with one attached hydrogen (secondary N) is 1. The van der Waals surface area contributed by atoms with Gasteiger partial charge in [-0.25, -0.2) is 19.0 Å². The first-order valence-electron chi connectivity index (χ1n) is 12.4. The van der Waals surface area contributed by atoms with Crippen molar-refractivity contribution in [3.63, 3.8) is 0 Å². The number of aromatic nitrogens is 6. The van der Waals surface area contributed by atoms with Gasteiger partial charge < -0.3 is 14.8 Å². The number of esters is 1. The fraction of sp³-hybridized carbons (Fsp3) is 0.760. The Labute approximate surface area is 213 Å². The van der Waals surface area contributed by atoms with E-state index in [1.165, 1.54) is 7.11 Å². The van der Waals surface area contributed by atoms with Gasteiger partial charge in [-0.2, -0.15) is 0 Å². The smallest absolute Gasteiger partial charge is 0.408 e. The van der Waals surface area contributed by atoms with Crippen LogP contribution in [0.3, 0.4) is 0 Å². The minimum Gasteiger partial charge on any atom is -0.467 e. The molecule has 0 spiro atoms. The van der Waals surface area contributed by atoms with Crippen LogP contribution in [0, 0.1) is 0 Å². The second-order valence-corrected chi connectivity index (χ2v) is 12.7. The summed E-state index contributed by atoms with van der Waals surface area (Å²) in [5, 5.41) is 20.5. The molecule has 2 aromatic rings. The number of methoxy groups -OCH3 is 1. The number of hydrogen-bond acceptors (Lipinski definition) is 8. The Balaban J connectivity index is 2.04. The quantitative estimate of drug-likeness (QED) is 0.623. The summed E-state index contributed by atoms with van der Waals surface area (Å²) in [5.74, 6) is -0.526. The van der Waals surface area contributed by atoms with Crippen LogP contribution in [-0.4, -0.2) is 60.3 Å². The van der Waals surface area contributed by atoms with Gasteiger partial charge in [0.25, 0.3) is 0 Å². The second kappa shape index (κ2) is 9.48. The fourth-order valence-electron chi connectivity index (χ4n) is 4.37. The lowest BCUT2D eigenvalue weighted by molar-refractivity contribution is -0.151. The molecular formula is C25H41N7O4. The van der Waals surface area contributed by atoms with Gasteiger partial charge >= 0.3 is 12.1 Å². The van der Waals surface area contributed by atoms with Crippen LogP contribution in [0.25, 0.3) is 0 Å². The van der Waals surface area contributed by atoms with Gasteiger partial charge in [0.15, 0.2) is 0 Å². The van der Waals surface area contributed by atoms with Gasteiger partial charge in [0.2, 0.25) is 0 Å². The third-order valence-electron chi connectivity index (χ3n) is 6.42. The van der Waals surface area contributed by atoms with Gasteiger partial charge in [-0.3, -0.25) is 0 Å². The van der Waals surface area contributed by atoms with Crippen LogP contribution in [-0.2, 0) is 25.1 Å². The Kier molecular flexibility index (Phi) is 7.27. The molecule has 3 atom stereocenters. The zero-order chi connectivity index (χ0) is 27.1. The maximum Gasteiger partial charge on any atom is 0.408 e. The lowest BCUT2D eigenvalue weighted by atomic mass is 9.76. The van der Waals surface area contributed by atoms with E-state index in [9.17, 15) is 9.59 Å². The van der Waals surface area contributed by atoms with Crippen LogP contribution in [0.15, 0.2) is 12.4 Å². The maximum atomic E-state index is 13.1. The van der Waals surface area contributed by atoms with E-state index in [4.69, 9.17) is 9.47 Å². The third-order valence-corrected chi connectivity index (χ3v) is 6.42. The standard InChI is InChI=1S/C25H41N7O4/c1-22(2,3)18-14-31(29-27-18)16-11-12-25(20(33)35-10,26-21(34)36-24(7,8)9)13-17(16)32-15-19(28-30-32)23(4,5)6/h14-17H,11-13H2,1-10H3,(H,26,34)/t16-,17-,25?/m1/s1. The van der Waals surface area contributed by atoms with Crippen LogP contribution in [0.1, 0.15) is 105 Å². The summed E-state index contributed by atoms with van der Waals surface area (Å²) in [6.45, 7) is 17.8. The normalized spacial score (nSPS) is 23.3.